The summed E-state index contributed by atoms with van der Waals surface area (Å²) in [5, 5.41) is 14.4. The van der Waals surface area contributed by atoms with Gasteiger partial charge in [-0.3, -0.25) is 0 Å². The zero-order valence-corrected chi connectivity index (χ0v) is 12.2. The van der Waals surface area contributed by atoms with Crippen molar-refractivity contribution < 1.29 is 14.7 Å². The molecule has 0 saturated heterocycles. The fraction of sp³-hybridized carbons (Fsp3) is 0.429. The maximum Gasteiger partial charge on any atom is 0.335 e. The molecule has 1 atom stereocenters. The number of carboxylic acid groups (broad SMARTS) is 1. The van der Waals surface area contributed by atoms with Gasteiger partial charge in [-0.1, -0.05) is 0 Å². The van der Waals surface area contributed by atoms with Crippen molar-refractivity contribution in [3.05, 3.63) is 29.3 Å². The molecule has 6 heteroatoms. The fourth-order valence-corrected chi connectivity index (χ4v) is 1.53. The molecule has 6 nitrogen and oxygen atoms in total. The highest BCUT2D eigenvalue weighted by molar-refractivity contribution is 5.92. The molecule has 0 heterocycles. The van der Waals surface area contributed by atoms with Gasteiger partial charge in [0.25, 0.3) is 0 Å². The van der Waals surface area contributed by atoms with Crippen LogP contribution in [0, 0.1) is 6.92 Å². The minimum atomic E-state index is -0.982. The molecule has 0 aliphatic carbocycles. The summed E-state index contributed by atoms with van der Waals surface area (Å²) < 4.78 is 0. The molecule has 3 N–H and O–H groups in total. The Bertz CT molecular complexity index is 500. The van der Waals surface area contributed by atoms with Gasteiger partial charge in [0, 0.05) is 18.3 Å². The summed E-state index contributed by atoms with van der Waals surface area (Å²) in [7, 11) is 3.89. The van der Waals surface area contributed by atoms with Crippen LogP contribution in [0.5, 0.6) is 0 Å². The smallest absolute Gasteiger partial charge is 0.335 e. The summed E-state index contributed by atoms with van der Waals surface area (Å²) in [4.78, 5) is 24.6. The van der Waals surface area contributed by atoms with Crippen molar-refractivity contribution in [1.82, 2.24) is 10.2 Å². The van der Waals surface area contributed by atoms with Crippen LogP contribution in [0.15, 0.2) is 18.2 Å². The van der Waals surface area contributed by atoms with Gasteiger partial charge in [0.2, 0.25) is 0 Å². The van der Waals surface area contributed by atoms with E-state index in [1.807, 2.05) is 25.9 Å². The van der Waals surface area contributed by atoms with Gasteiger partial charge < -0.3 is 20.6 Å². The number of carbonyl (C=O) groups is 2. The maximum absolute atomic E-state index is 11.8. The van der Waals surface area contributed by atoms with Crippen molar-refractivity contribution in [1.29, 1.82) is 0 Å². The minimum absolute atomic E-state index is 0.203. The van der Waals surface area contributed by atoms with Crippen LogP contribution in [0.25, 0.3) is 0 Å². The van der Waals surface area contributed by atoms with E-state index in [1.54, 1.807) is 13.0 Å². The standard InChI is InChI=1S/C14H21N3O3/c1-9-7-11(13(18)19)5-6-12(9)16-14(20)15-8-10(2)17(3)4/h5-7,10H,8H2,1-4H3,(H,18,19)(H2,15,16,20). The number of nitrogens with zero attached hydrogens (tertiary/aromatic N) is 1. The van der Waals surface area contributed by atoms with Crippen molar-refractivity contribution in [2.75, 3.05) is 26.0 Å². The molecule has 110 valence electrons. The largest absolute Gasteiger partial charge is 0.478 e. The number of benzene rings is 1. The zero-order valence-electron chi connectivity index (χ0n) is 12.2. The lowest BCUT2D eigenvalue weighted by Gasteiger charge is -2.20. The molecule has 0 aliphatic rings. The predicted molar refractivity (Wildman–Crippen MR) is 78.3 cm³/mol. The van der Waals surface area contributed by atoms with E-state index in [9.17, 15) is 9.59 Å². The van der Waals surface area contributed by atoms with Crippen molar-refractivity contribution in [3.8, 4) is 0 Å². The van der Waals surface area contributed by atoms with Crippen LogP contribution in [0.3, 0.4) is 0 Å². The quantitative estimate of drug-likeness (QED) is 0.767. The van der Waals surface area contributed by atoms with Gasteiger partial charge in [0.15, 0.2) is 0 Å². The number of hydrogen-bond acceptors (Lipinski definition) is 3. The molecule has 20 heavy (non-hydrogen) atoms. The topological polar surface area (TPSA) is 81.7 Å². The number of anilines is 1. The van der Waals surface area contributed by atoms with Crippen molar-refractivity contribution in [3.63, 3.8) is 0 Å². The number of rotatable bonds is 5. The average molecular weight is 279 g/mol. The van der Waals surface area contributed by atoms with E-state index in [-0.39, 0.29) is 17.6 Å². The molecule has 0 fully saturated rings. The molecule has 1 aromatic carbocycles. The van der Waals surface area contributed by atoms with E-state index in [0.717, 1.165) is 0 Å². The van der Waals surface area contributed by atoms with Gasteiger partial charge in [-0.2, -0.15) is 0 Å². The van der Waals surface area contributed by atoms with E-state index in [4.69, 9.17) is 5.11 Å². The molecule has 0 radical (unpaired) electrons. The second-order valence-electron chi connectivity index (χ2n) is 4.98. The third-order valence-electron chi connectivity index (χ3n) is 3.16. The molecule has 0 aliphatic heterocycles. The van der Waals surface area contributed by atoms with Crippen LogP contribution in [0.4, 0.5) is 10.5 Å². The average Bonchev–Trinajstić information content (AvgIpc) is 2.37. The van der Waals surface area contributed by atoms with Crippen molar-refractivity contribution in [2.45, 2.75) is 19.9 Å². The summed E-state index contributed by atoms with van der Waals surface area (Å²) in [6.45, 7) is 4.29. The Morgan fingerprint density at radius 1 is 1.35 bits per heavy atom. The molecule has 0 bridgehead atoms. The van der Waals surface area contributed by atoms with Gasteiger partial charge in [0.1, 0.15) is 0 Å². The van der Waals surface area contributed by atoms with Gasteiger partial charge in [-0.15, -0.1) is 0 Å². The Hall–Kier alpha value is -2.08. The van der Waals surface area contributed by atoms with E-state index in [1.165, 1.54) is 12.1 Å². The predicted octanol–water partition coefficient (Wildman–Crippen LogP) is 1.76. The van der Waals surface area contributed by atoms with Gasteiger partial charge in [-0.25, -0.2) is 9.59 Å². The summed E-state index contributed by atoms with van der Waals surface area (Å²) >= 11 is 0. The second-order valence-corrected chi connectivity index (χ2v) is 4.98. The van der Waals surface area contributed by atoms with Crippen LogP contribution in [-0.4, -0.2) is 48.7 Å². The first-order valence-electron chi connectivity index (χ1n) is 6.36. The highest BCUT2D eigenvalue weighted by Crippen LogP contribution is 2.16. The van der Waals surface area contributed by atoms with Gasteiger partial charge >= 0.3 is 12.0 Å². The third-order valence-corrected chi connectivity index (χ3v) is 3.16. The number of amides is 2. The Kier molecular flexibility index (Phi) is 5.52. The number of aryl methyl sites for hydroxylation is 1. The SMILES string of the molecule is Cc1cc(C(=O)O)ccc1NC(=O)NCC(C)N(C)C. The Labute approximate surface area is 118 Å². The second kappa shape index (κ2) is 6.91. The van der Waals surface area contributed by atoms with Crippen LogP contribution in [0.2, 0.25) is 0 Å². The lowest BCUT2D eigenvalue weighted by molar-refractivity contribution is 0.0697. The van der Waals surface area contributed by atoms with Crippen LogP contribution >= 0.6 is 0 Å². The lowest BCUT2D eigenvalue weighted by Crippen LogP contribution is -2.40. The maximum atomic E-state index is 11.8. The number of hydrogen-bond donors (Lipinski definition) is 3. The van der Waals surface area contributed by atoms with Crippen LogP contribution in [-0.2, 0) is 0 Å². The van der Waals surface area contributed by atoms with E-state index in [2.05, 4.69) is 10.6 Å². The van der Waals surface area contributed by atoms with Gasteiger partial charge in [-0.05, 0) is 51.7 Å². The highest BCUT2D eigenvalue weighted by Gasteiger charge is 2.10. The molecular weight excluding hydrogens is 258 g/mol. The van der Waals surface area contributed by atoms with E-state index >= 15 is 0 Å². The molecule has 1 rings (SSSR count). The normalized spacial score (nSPS) is 12.1. The first-order valence-corrected chi connectivity index (χ1v) is 6.36. The zero-order chi connectivity index (χ0) is 15.3. The Morgan fingerprint density at radius 3 is 2.50 bits per heavy atom. The summed E-state index contributed by atoms with van der Waals surface area (Å²) in [5.41, 5.74) is 1.51. The molecule has 0 aromatic heterocycles. The monoisotopic (exact) mass is 279 g/mol. The number of nitrogens with one attached hydrogen (secondary N) is 2. The first-order chi connectivity index (χ1) is 9.31. The van der Waals surface area contributed by atoms with Crippen molar-refractivity contribution in [2.24, 2.45) is 0 Å². The minimum Gasteiger partial charge on any atom is -0.478 e. The molecule has 1 unspecified atom stereocenters. The third kappa shape index (κ3) is 4.55. The summed E-state index contributed by atoms with van der Waals surface area (Å²) in [6.07, 6.45) is 0. The van der Waals surface area contributed by atoms with Crippen LogP contribution < -0.4 is 10.6 Å². The number of likely N-dealkylation sites (N-methyl/N-ethyl adjacent to an activating group) is 1. The van der Waals surface area contributed by atoms with Crippen molar-refractivity contribution >= 4 is 17.7 Å². The molecule has 0 spiro atoms. The van der Waals surface area contributed by atoms with Crippen LogP contribution in [0.1, 0.15) is 22.8 Å². The summed E-state index contributed by atoms with van der Waals surface area (Å²) in [5.74, 6) is -0.982. The fourth-order valence-electron chi connectivity index (χ4n) is 1.53. The lowest BCUT2D eigenvalue weighted by atomic mass is 10.1. The molecule has 0 saturated carbocycles. The Balaban J connectivity index is 2.60. The van der Waals surface area contributed by atoms with E-state index in [0.29, 0.717) is 17.8 Å². The van der Waals surface area contributed by atoms with E-state index < -0.39 is 5.97 Å². The Morgan fingerprint density at radius 2 is 2.00 bits per heavy atom. The highest BCUT2D eigenvalue weighted by atomic mass is 16.4. The van der Waals surface area contributed by atoms with Gasteiger partial charge in [0.05, 0.1) is 5.56 Å². The number of urea groups is 1. The molecule has 2 amide bonds. The first kappa shape index (κ1) is 16.0. The number of carbonyl (C=O) groups excluding carboxylic acids is 1. The number of carboxylic acids is 1. The number of aromatic carboxylic acids is 1. The molecular formula is C14H21N3O3. The molecule has 1 aromatic rings. The summed E-state index contributed by atoms with van der Waals surface area (Å²) in [6, 6.07) is 4.52.